The van der Waals surface area contributed by atoms with Crippen molar-refractivity contribution < 1.29 is 9.90 Å². The van der Waals surface area contributed by atoms with Crippen LogP contribution in [0.15, 0.2) is 0 Å². The lowest BCUT2D eigenvalue weighted by atomic mass is 9.97. The predicted octanol–water partition coefficient (Wildman–Crippen LogP) is 1.95. The van der Waals surface area contributed by atoms with Crippen molar-refractivity contribution in [3.05, 3.63) is 0 Å². The Hall–Kier alpha value is -0.610. The van der Waals surface area contributed by atoms with Crippen molar-refractivity contribution in [1.82, 2.24) is 10.2 Å². The van der Waals surface area contributed by atoms with E-state index in [1.807, 2.05) is 6.92 Å². The van der Waals surface area contributed by atoms with Gasteiger partial charge in [0.1, 0.15) is 5.54 Å². The van der Waals surface area contributed by atoms with Gasteiger partial charge in [-0.05, 0) is 52.5 Å². The first-order valence-corrected chi connectivity index (χ1v) is 7.11. The molecule has 0 aromatic carbocycles. The van der Waals surface area contributed by atoms with Crippen molar-refractivity contribution >= 4 is 5.97 Å². The smallest absolute Gasteiger partial charge is 0.323 e. The summed E-state index contributed by atoms with van der Waals surface area (Å²) < 4.78 is 0. The average Bonchev–Trinajstić information content (AvgIpc) is 3.07. The molecule has 0 aromatic rings. The zero-order valence-corrected chi connectivity index (χ0v) is 12.2. The summed E-state index contributed by atoms with van der Waals surface area (Å²) in [5, 5.41) is 12.4. The molecule has 18 heavy (non-hydrogen) atoms. The number of hydrogen-bond donors (Lipinski definition) is 2. The molecule has 1 saturated carbocycles. The number of likely N-dealkylation sites (N-methyl/N-ethyl adjacent to an activating group) is 1. The van der Waals surface area contributed by atoms with E-state index in [1.54, 1.807) is 6.92 Å². The van der Waals surface area contributed by atoms with Gasteiger partial charge >= 0.3 is 5.97 Å². The maximum absolute atomic E-state index is 11.3. The van der Waals surface area contributed by atoms with Gasteiger partial charge in [0.05, 0.1) is 0 Å². The van der Waals surface area contributed by atoms with Crippen LogP contribution in [-0.2, 0) is 4.79 Å². The van der Waals surface area contributed by atoms with Gasteiger partial charge in [0.15, 0.2) is 0 Å². The highest BCUT2D eigenvalue weighted by Crippen LogP contribution is 2.30. The SMILES string of the molecule is CCNC(C)(CCN(CC1CC1)C(C)C)C(=O)O. The fraction of sp³-hybridized carbons (Fsp3) is 0.929. The van der Waals surface area contributed by atoms with Crippen LogP contribution in [-0.4, -0.2) is 47.2 Å². The van der Waals surface area contributed by atoms with Gasteiger partial charge in [0.25, 0.3) is 0 Å². The van der Waals surface area contributed by atoms with Gasteiger partial charge in [0, 0.05) is 19.1 Å². The van der Waals surface area contributed by atoms with Crippen molar-refractivity contribution in [2.75, 3.05) is 19.6 Å². The molecule has 2 N–H and O–H groups in total. The summed E-state index contributed by atoms with van der Waals surface area (Å²) in [5.41, 5.74) is -0.800. The van der Waals surface area contributed by atoms with Crippen LogP contribution >= 0.6 is 0 Å². The van der Waals surface area contributed by atoms with Crippen LogP contribution in [0.3, 0.4) is 0 Å². The minimum absolute atomic E-state index is 0.491. The Kier molecular flexibility index (Phi) is 5.60. The van der Waals surface area contributed by atoms with Crippen LogP contribution in [0.1, 0.15) is 47.0 Å². The summed E-state index contributed by atoms with van der Waals surface area (Å²) in [7, 11) is 0. The molecule has 1 unspecified atom stereocenters. The normalized spacial score (nSPS) is 19.2. The molecule has 1 aliphatic rings. The maximum atomic E-state index is 11.3. The Balaban J connectivity index is 2.49. The molecule has 0 spiro atoms. The second-order valence-electron chi connectivity index (χ2n) is 5.95. The highest BCUT2D eigenvalue weighted by molar-refractivity contribution is 5.78. The van der Waals surface area contributed by atoms with Crippen molar-refractivity contribution in [2.45, 2.75) is 58.5 Å². The average molecular weight is 256 g/mol. The molecule has 106 valence electrons. The van der Waals surface area contributed by atoms with E-state index < -0.39 is 11.5 Å². The number of hydrogen-bond acceptors (Lipinski definition) is 3. The van der Waals surface area contributed by atoms with Crippen LogP contribution in [0.25, 0.3) is 0 Å². The van der Waals surface area contributed by atoms with E-state index in [-0.39, 0.29) is 0 Å². The first kappa shape index (κ1) is 15.4. The van der Waals surface area contributed by atoms with Crippen molar-refractivity contribution in [1.29, 1.82) is 0 Å². The minimum atomic E-state index is -0.800. The number of carboxylic acids is 1. The molecule has 0 aromatic heterocycles. The lowest BCUT2D eigenvalue weighted by Gasteiger charge is -2.32. The largest absolute Gasteiger partial charge is 0.480 e. The first-order valence-electron chi connectivity index (χ1n) is 7.11. The Bertz CT molecular complexity index is 277. The number of rotatable bonds is 9. The molecule has 0 bridgehead atoms. The molecule has 0 amide bonds. The predicted molar refractivity (Wildman–Crippen MR) is 73.8 cm³/mol. The fourth-order valence-corrected chi connectivity index (χ4v) is 2.22. The van der Waals surface area contributed by atoms with E-state index in [4.69, 9.17) is 0 Å². The van der Waals surface area contributed by atoms with Crippen LogP contribution in [0.5, 0.6) is 0 Å². The molecular formula is C14H28N2O2. The fourth-order valence-electron chi connectivity index (χ4n) is 2.22. The molecular weight excluding hydrogens is 228 g/mol. The molecule has 0 heterocycles. The Morgan fingerprint density at radius 3 is 2.50 bits per heavy atom. The van der Waals surface area contributed by atoms with E-state index in [0.717, 1.165) is 19.0 Å². The van der Waals surface area contributed by atoms with Gasteiger partial charge in [0.2, 0.25) is 0 Å². The van der Waals surface area contributed by atoms with Crippen LogP contribution in [0.4, 0.5) is 0 Å². The third kappa shape index (κ3) is 4.58. The third-order valence-corrected chi connectivity index (χ3v) is 3.86. The summed E-state index contributed by atoms with van der Waals surface area (Å²) in [6, 6.07) is 0.491. The molecule has 4 heteroatoms. The lowest BCUT2D eigenvalue weighted by Crippen LogP contribution is -2.51. The van der Waals surface area contributed by atoms with Crippen molar-refractivity contribution in [2.24, 2.45) is 5.92 Å². The van der Waals surface area contributed by atoms with Gasteiger partial charge in [-0.3, -0.25) is 4.79 Å². The van der Waals surface area contributed by atoms with Crippen molar-refractivity contribution in [3.63, 3.8) is 0 Å². The maximum Gasteiger partial charge on any atom is 0.323 e. The van der Waals surface area contributed by atoms with Gasteiger partial charge in [-0.2, -0.15) is 0 Å². The quantitative estimate of drug-likeness (QED) is 0.662. The second-order valence-corrected chi connectivity index (χ2v) is 5.95. The molecule has 0 radical (unpaired) electrons. The molecule has 0 saturated heterocycles. The number of nitrogens with zero attached hydrogens (tertiary/aromatic N) is 1. The van der Waals surface area contributed by atoms with Gasteiger partial charge in [-0.15, -0.1) is 0 Å². The third-order valence-electron chi connectivity index (χ3n) is 3.86. The number of carboxylic acid groups (broad SMARTS) is 1. The molecule has 4 nitrogen and oxygen atoms in total. The van der Waals surface area contributed by atoms with Crippen LogP contribution < -0.4 is 5.32 Å². The molecule has 1 aliphatic carbocycles. The molecule has 1 atom stereocenters. The van der Waals surface area contributed by atoms with E-state index >= 15 is 0 Å². The highest BCUT2D eigenvalue weighted by atomic mass is 16.4. The molecule has 1 rings (SSSR count). The highest BCUT2D eigenvalue weighted by Gasteiger charge is 2.33. The van der Waals surface area contributed by atoms with Crippen molar-refractivity contribution in [3.8, 4) is 0 Å². The Labute approximate surface area is 111 Å². The second kappa shape index (κ2) is 6.53. The topological polar surface area (TPSA) is 52.6 Å². The zero-order valence-electron chi connectivity index (χ0n) is 12.2. The number of nitrogens with one attached hydrogen (secondary N) is 1. The van der Waals surface area contributed by atoms with Crippen LogP contribution in [0.2, 0.25) is 0 Å². The lowest BCUT2D eigenvalue weighted by molar-refractivity contribution is -0.144. The first-order chi connectivity index (χ1) is 8.39. The summed E-state index contributed by atoms with van der Waals surface area (Å²) in [5.74, 6) is 0.0992. The molecule has 0 aliphatic heterocycles. The zero-order chi connectivity index (χ0) is 13.8. The number of carbonyl (C=O) groups is 1. The van der Waals surface area contributed by atoms with E-state index in [9.17, 15) is 9.90 Å². The van der Waals surface area contributed by atoms with E-state index in [2.05, 4.69) is 24.1 Å². The standard InChI is InChI=1S/C14H28N2O2/c1-5-15-14(4,13(17)18)8-9-16(11(2)3)10-12-6-7-12/h11-12,15H,5-10H2,1-4H3,(H,17,18). The Morgan fingerprint density at radius 1 is 1.50 bits per heavy atom. The summed E-state index contributed by atoms with van der Waals surface area (Å²) in [6.07, 6.45) is 3.33. The van der Waals surface area contributed by atoms with E-state index in [0.29, 0.717) is 19.0 Å². The van der Waals surface area contributed by atoms with Gasteiger partial charge in [-0.1, -0.05) is 6.92 Å². The van der Waals surface area contributed by atoms with Gasteiger partial charge in [-0.25, -0.2) is 0 Å². The molecule has 1 fully saturated rings. The summed E-state index contributed by atoms with van der Waals surface area (Å²) in [4.78, 5) is 13.8. The summed E-state index contributed by atoms with van der Waals surface area (Å²) >= 11 is 0. The van der Waals surface area contributed by atoms with Crippen LogP contribution in [0, 0.1) is 5.92 Å². The number of aliphatic carboxylic acids is 1. The minimum Gasteiger partial charge on any atom is -0.480 e. The van der Waals surface area contributed by atoms with Gasteiger partial charge < -0.3 is 15.3 Å². The summed E-state index contributed by atoms with van der Waals surface area (Å²) in [6.45, 7) is 10.8. The Morgan fingerprint density at radius 2 is 2.11 bits per heavy atom. The van der Waals surface area contributed by atoms with E-state index in [1.165, 1.54) is 12.8 Å². The monoisotopic (exact) mass is 256 g/mol.